The average Bonchev–Trinajstić information content (AvgIpc) is 3.05. The minimum absolute atomic E-state index is 0.144. The molecule has 150 valence electrons. The molecule has 1 unspecified atom stereocenters. The highest BCUT2D eigenvalue weighted by molar-refractivity contribution is 7.91. The number of piperazine rings is 1. The largest absolute Gasteiger partial charge is 0.381 e. The molecular formula is C20H30N2O4S. The first-order chi connectivity index (χ1) is 13.0. The van der Waals surface area contributed by atoms with Crippen LogP contribution in [0.4, 0.5) is 0 Å². The van der Waals surface area contributed by atoms with Crippen molar-refractivity contribution in [1.82, 2.24) is 9.80 Å². The normalized spacial score (nSPS) is 22.8. The summed E-state index contributed by atoms with van der Waals surface area (Å²) < 4.78 is 28.9. The molecule has 1 amide bonds. The fraction of sp³-hybridized carbons (Fsp3) is 0.650. The van der Waals surface area contributed by atoms with Gasteiger partial charge >= 0.3 is 0 Å². The van der Waals surface area contributed by atoms with E-state index in [2.05, 4.69) is 17.0 Å². The maximum atomic E-state index is 12.3. The van der Waals surface area contributed by atoms with E-state index in [0.717, 1.165) is 32.4 Å². The quantitative estimate of drug-likeness (QED) is 0.623. The number of ether oxygens (including phenoxy) is 1. The van der Waals surface area contributed by atoms with Gasteiger partial charge < -0.3 is 9.64 Å². The third-order valence-electron chi connectivity index (χ3n) is 5.45. The number of amides is 1. The third-order valence-corrected chi connectivity index (χ3v) is 7.20. The van der Waals surface area contributed by atoms with Crippen molar-refractivity contribution < 1.29 is 17.9 Å². The maximum Gasteiger partial charge on any atom is 0.222 e. The zero-order chi connectivity index (χ0) is 19.1. The molecule has 2 aliphatic heterocycles. The summed E-state index contributed by atoms with van der Waals surface area (Å²) in [5, 5.41) is 0. The zero-order valence-corrected chi connectivity index (χ0v) is 16.7. The Bertz CT molecular complexity index is 700. The van der Waals surface area contributed by atoms with E-state index in [0.29, 0.717) is 38.5 Å². The molecule has 2 aliphatic rings. The SMILES string of the molecule is O=C(CCCOCCc1ccccc1)N1CCN(C2CCS(=O)(=O)C2)CC1. The molecule has 0 N–H and O–H groups in total. The van der Waals surface area contributed by atoms with Gasteiger partial charge in [0.05, 0.1) is 18.1 Å². The van der Waals surface area contributed by atoms with Crippen molar-refractivity contribution in [3.8, 4) is 0 Å². The van der Waals surface area contributed by atoms with Crippen molar-refractivity contribution in [2.45, 2.75) is 31.7 Å². The van der Waals surface area contributed by atoms with Crippen molar-refractivity contribution in [1.29, 1.82) is 0 Å². The Balaban J connectivity index is 1.26. The van der Waals surface area contributed by atoms with E-state index < -0.39 is 9.84 Å². The molecule has 2 fully saturated rings. The van der Waals surface area contributed by atoms with Crippen LogP contribution in [0.25, 0.3) is 0 Å². The lowest BCUT2D eigenvalue weighted by atomic mass is 10.1. The van der Waals surface area contributed by atoms with Crippen LogP contribution in [-0.4, -0.2) is 81.1 Å². The molecule has 0 aromatic heterocycles. The first-order valence-corrected chi connectivity index (χ1v) is 11.7. The molecule has 0 radical (unpaired) electrons. The summed E-state index contributed by atoms with van der Waals surface area (Å²) >= 11 is 0. The predicted molar refractivity (Wildman–Crippen MR) is 105 cm³/mol. The highest BCUT2D eigenvalue weighted by Gasteiger charge is 2.34. The topological polar surface area (TPSA) is 66.9 Å². The standard InChI is InChI=1S/C20H30N2O4S/c23-20(7-4-14-26-15-8-18-5-2-1-3-6-18)22-12-10-21(11-13-22)19-9-16-27(24,25)17-19/h1-3,5-6,19H,4,7-17H2. The van der Waals surface area contributed by atoms with Crippen LogP contribution < -0.4 is 0 Å². The molecule has 2 saturated heterocycles. The van der Waals surface area contributed by atoms with Crippen LogP contribution in [0.1, 0.15) is 24.8 Å². The number of carbonyl (C=O) groups excluding carboxylic acids is 1. The van der Waals surface area contributed by atoms with Crippen LogP contribution in [0, 0.1) is 0 Å². The maximum absolute atomic E-state index is 12.3. The van der Waals surface area contributed by atoms with Gasteiger partial charge in [0.2, 0.25) is 5.91 Å². The van der Waals surface area contributed by atoms with Crippen molar-refractivity contribution in [2.75, 3.05) is 50.9 Å². The van der Waals surface area contributed by atoms with Crippen LogP contribution in [0.2, 0.25) is 0 Å². The second-order valence-corrected chi connectivity index (χ2v) is 9.65. The number of carbonyl (C=O) groups is 1. The van der Waals surface area contributed by atoms with Gasteiger partial charge in [0.1, 0.15) is 0 Å². The van der Waals surface area contributed by atoms with Gasteiger partial charge in [-0.2, -0.15) is 0 Å². The van der Waals surface area contributed by atoms with E-state index in [1.54, 1.807) is 0 Å². The molecule has 7 heteroatoms. The lowest BCUT2D eigenvalue weighted by molar-refractivity contribution is -0.133. The van der Waals surface area contributed by atoms with E-state index in [1.807, 2.05) is 23.1 Å². The molecule has 2 heterocycles. The Labute approximate surface area is 162 Å². The van der Waals surface area contributed by atoms with E-state index in [4.69, 9.17) is 4.74 Å². The molecule has 0 spiro atoms. The minimum Gasteiger partial charge on any atom is -0.381 e. The van der Waals surface area contributed by atoms with Crippen LogP contribution in [-0.2, 0) is 25.8 Å². The Morgan fingerprint density at radius 1 is 1.07 bits per heavy atom. The number of benzene rings is 1. The molecule has 3 rings (SSSR count). The first-order valence-electron chi connectivity index (χ1n) is 9.87. The van der Waals surface area contributed by atoms with Crippen molar-refractivity contribution in [2.24, 2.45) is 0 Å². The van der Waals surface area contributed by atoms with Crippen molar-refractivity contribution in [3.63, 3.8) is 0 Å². The minimum atomic E-state index is -2.85. The van der Waals surface area contributed by atoms with E-state index in [9.17, 15) is 13.2 Å². The number of sulfone groups is 1. The summed E-state index contributed by atoms with van der Waals surface area (Å²) in [5.74, 6) is 0.767. The molecule has 27 heavy (non-hydrogen) atoms. The number of hydrogen-bond donors (Lipinski definition) is 0. The van der Waals surface area contributed by atoms with E-state index in [-0.39, 0.29) is 17.7 Å². The van der Waals surface area contributed by atoms with Crippen LogP contribution >= 0.6 is 0 Å². The Morgan fingerprint density at radius 2 is 1.81 bits per heavy atom. The van der Waals surface area contributed by atoms with Crippen LogP contribution in [0.3, 0.4) is 0 Å². The van der Waals surface area contributed by atoms with E-state index >= 15 is 0 Å². The molecule has 0 bridgehead atoms. The van der Waals surface area contributed by atoms with Gasteiger partial charge in [-0.25, -0.2) is 8.42 Å². The molecule has 0 aliphatic carbocycles. The average molecular weight is 395 g/mol. The summed E-state index contributed by atoms with van der Waals surface area (Å²) in [5.41, 5.74) is 1.27. The highest BCUT2D eigenvalue weighted by atomic mass is 32.2. The molecule has 0 saturated carbocycles. The zero-order valence-electron chi connectivity index (χ0n) is 15.9. The Morgan fingerprint density at radius 3 is 2.48 bits per heavy atom. The molecule has 1 atom stereocenters. The predicted octanol–water partition coefficient (Wildman–Crippen LogP) is 1.36. The van der Waals surface area contributed by atoms with Gasteiger partial charge in [-0.05, 0) is 24.8 Å². The summed E-state index contributed by atoms with van der Waals surface area (Å²) in [4.78, 5) is 16.5. The van der Waals surface area contributed by atoms with Crippen molar-refractivity contribution in [3.05, 3.63) is 35.9 Å². The second kappa shape index (κ2) is 9.66. The molecule has 6 nitrogen and oxygen atoms in total. The summed E-state index contributed by atoms with van der Waals surface area (Å²) in [6.07, 6.45) is 2.89. The summed E-state index contributed by atoms with van der Waals surface area (Å²) in [7, 11) is -2.85. The van der Waals surface area contributed by atoms with Gasteiger partial charge in [-0.3, -0.25) is 9.69 Å². The van der Waals surface area contributed by atoms with E-state index in [1.165, 1.54) is 5.56 Å². The molecular weight excluding hydrogens is 364 g/mol. The highest BCUT2D eigenvalue weighted by Crippen LogP contribution is 2.19. The van der Waals surface area contributed by atoms with Crippen molar-refractivity contribution >= 4 is 15.7 Å². The second-order valence-electron chi connectivity index (χ2n) is 7.43. The third kappa shape index (κ3) is 6.30. The lowest BCUT2D eigenvalue weighted by Crippen LogP contribution is -2.52. The Kier molecular flexibility index (Phi) is 7.26. The Hall–Kier alpha value is -1.44. The van der Waals surface area contributed by atoms with Gasteiger partial charge in [0.25, 0.3) is 0 Å². The smallest absolute Gasteiger partial charge is 0.222 e. The fourth-order valence-electron chi connectivity index (χ4n) is 3.82. The summed E-state index contributed by atoms with van der Waals surface area (Å²) in [6, 6.07) is 10.4. The molecule has 1 aromatic rings. The number of nitrogens with zero attached hydrogens (tertiary/aromatic N) is 2. The van der Waals surface area contributed by atoms with Crippen LogP contribution in [0.5, 0.6) is 0 Å². The lowest BCUT2D eigenvalue weighted by Gasteiger charge is -2.37. The fourth-order valence-corrected chi connectivity index (χ4v) is 5.58. The summed E-state index contributed by atoms with van der Waals surface area (Å²) in [6.45, 7) is 4.24. The van der Waals surface area contributed by atoms with Crippen LogP contribution in [0.15, 0.2) is 30.3 Å². The van der Waals surface area contributed by atoms with Gasteiger partial charge in [0.15, 0.2) is 9.84 Å². The van der Waals surface area contributed by atoms with Gasteiger partial charge in [-0.1, -0.05) is 30.3 Å². The monoisotopic (exact) mass is 394 g/mol. The number of hydrogen-bond acceptors (Lipinski definition) is 5. The first kappa shape index (κ1) is 20.3. The number of rotatable bonds is 8. The van der Waals surface area contributed by atoms with Gasteiger partial charge in [-0.15, -0.1) is 0 Å². The molecule has 1 aromatic carbocycles. The van der Waals surface area contributed by atoms with Gasteiger partial charge in [0, 0.05) is 45.2 Å².